The highest BCUT2D eigenvalue weighted by atomic mass is 35.5. The summed E-state index contributed by atoms with van der Waals surface area (Å²) in [5, 5.41) is -0.702. The SMILES string of the molecule is CCS(=O)(=O)C(N)c1ccc(Cl)nc1. The molecule has 0 amide bonds. The Morgan fingerprint density at radius 3 is 2.64 bits per heavy atom. The average molecular weight is 235 g/mol. The monoisotopic (exact) mass is 234 g/mol. The molecule has 6 heteroatoms. The summed E-state index contributed by atoms with van der Waals surface area (Å²) >= 11 is 5.56. The maximum absolute atomic E-state index is 11.4. The number of halogens is 1. The van der Waals surface area contributed by atoms with Gasteiger partial charge in [-0.1, -0.05) is 24.6 Å². The van der Waals surface area contributed by atoms with Gasteiger partial charge in [0.1, 0.15) is 10.5 Å². The van der Waals surface area contributed by atoms with Gasteiger partial charge in [0.05, 0.1) is 0 Å². The van der Waals surface area contributed by atoms with E-state index >= 15 is 0 Å². The zero-order chi connectivity index (χ0) is 10.8. The Balaban J connectivity index is 3.01. The summed E-state index contributed by atoms with van der Waals surface area (Å²) in [5.41, 5.74) is 6.02. The molecule has 0 bridgehead atoms. The summed E-state index contributed by atoms with van der Waals surface area (Å²) in [6, 6.07) is 3.08. The third-order valence-electron chi connectivity index (χ3n) is 1.87. The van der Waals surface area contributed by atoms with Crippen molar-refractivity contribution < 1.29 is 8.42 Å². The van der Waals surface area contributed by atoms with E-state index in [1.807, 2.05) is 0 Å². The highest BCUT2D eigenvalue weighted by molar-refractivity contribution is 7.91. The predicted molar refractivity (Wildman–Crippen MR) is 55.6 cm³/mol. The van der Waals surface area contributed by atoms with Crippen LogP contribution < -0.4 is 5.73 Å². The molecule has 1 atom stereocenters. The van der Waals surface area contributed by atoms with Crippen LogP contribution in [0, 0.1) is 0 Å². The zero-order valence-corrected chi connectivity index (χ0v) is 9.22. The summed E-state index contributed by atoms with van der Waals surface area (Å²) in [6.45, 7) is 1.55. The van der Waals surface area contributed by atoms with Crippen molar-refractivity contribution in [1.29, 1.82) is 0 Å². The second-order valence-electron chi connectivity index (χ2n) is 2.79. The maximum atomic E-state index is 11.4. The lowest BCUT2D eigenvalue weighted by atomic mass is 10.3. The standard InChI is InChI=1S/C8H11ClN2O2S/c1-2-14(12,13)8(10)6-3-4-7(9)11-5-6/h3-5,8H,2,10H2,1H3. The Labute approximate surface area is 88.0 Å². The molecule has 1 unspecified atom stereocenters. The molecule has 78 valence electrons. The van der Waals surface area contributed by atoms with Gasteiger partial charge in [0.2, 0.25) is 0 Å². The highest BCUT2D eigenvalue weighted by Crippen LogP contribution is 2.17. The second-order valence-corrected chi connectivity index (χ2v) is 5.58. The first-order valence-corrected chi connectivity index (χ1v) is 6.15. The molecule has 0 radical (unpaired) electrons. The van der Waals surface area contributed by atoms with Crippen molar-refractivity contribution >= 4 is 21.4 Å². The summed E-state index contributed by atoms with van der Waals surface area (Å²) in [4.78, 5) is 3.77. The Morgan fingerprint density at radius 1 is 1.57 bits per heavy atom. The molecule has 4 nitrogen and oxygen atoms in total. The smallest absolute Gasteiger partial charge is 0.170 e. The van der Waals surface area contributed by atoms with Gasteiger partial charge >= 0.3 is 0 Å². The average Bonchev–Trinajstić information content (AvgIpc) is 2.18. The molecular weight excluding hydrogens is 224 g/mol. The first-order valence-electron chi connectivity index (χ1n) is 4.06. The normalized spacial score (nSPS) is 13.9. The summed E-state index contributed by atoms with van der Waals surface area (Å²) in [6.07, 6.45) is 1.38. The van der Waals surface area contributed by atoms with Gasteiger partial charge in [0.15, 0.2) is 9.84 Å². The minimum absolute atomic E-state index is 0.0107. The highest BCUT2D eigenvalue weighted by Gasteiger charge is 2.20. The quantitative estimate of drug-likeness (QED) is 0.796. The van der Waals surface area contributed by atoms with Crippen LogP contribution in [0.1, 0.15) is 17.9 Å². The van der Waals surface area contributed by atoms with Crippen LogP contribution in [-0.4, -0.2) is 19.2 Å². The molecule has 0 aliphatic heterocycles. The molecule has 1 heterocycles. The van der Waals surface area contributed by atoms with E-state index in [4.69, 9.17) is 17.3 Å². The van der Waals surface area contributed by atoms with Crippen LogP contribution >= 0.6 is 11.6 Å². The first kappa shape index (κ1) is 11.4. The number of hydrogen-bond donors (Lipinski definition) is 1. The van der Waals surface area contributed by atoms with Crippen LogP contribution in [0.25, 0.3) is 0 Å². The molecule has 0 aliphatic carbocycles. The van der Waals surface area contributed by atoms with E-state index in [0.717, 1.165) is 0 Å². The van der Waals surface area contributed by atoms with Gasteiger partial charge in [-0.2, -0.15) is 0 Å². The van der Waals surface area contributed by atoms with E-state index in [2.05, 4.69) is 4.98 Å². The van der Waals surface area contributed by atoms with Crippen molar-refractivity contribution in [1.82, 2.24) is 4.98 Å². The molecule has 0 aliphatic rings. The number of rotatable bonds is 3. The molecule has 2 N–H and O–H groups in total. The van der Waals surface area contributed by atoms with Crippen LogP contribution in [-0.2, 0) is 9.84 Å². The van der Waals surface area contributed by atoms with Crippen molar-refractivity contribution in [2.75, 3.05) is 5.75 Å². The molecule has 14 heavy (non-hydrogen) atoms. The summed E-state index contributed by atoms with van der Waals surface area (Å²) < 4.78 is 22.8. The number of pyridine rings is 1. The van der Waals surface area contributed by atoms with Crippen molar-refractivity contribution in [2.45, 2.75) is 12.3 Å². The Kier molecular flexibility index (Phi) is 3.47. The second kappa shape index (κ2) is 4.25. The van der Waals surface area contributed by atoms with Crippen LogP contribution in [0.3, 0.4) is 0 Å². The molecule has 0 aromatic carbocycles. The van der Waals surface area contributed by atoms with Crippen LogP contribution in [0.2, 0.25) is 5.15 Å². The van der Waals surface area contributed by atoms with Gasteiger partial charge in [0.25, 0.3) is 0 Å². The van der Waals surface area contributed by atoms with Crippen LogP contribution in [0.15, 0.2) is 18.3 Å². The lowest BCUT2D eigenvalue weighted by molar-refractivity contribution is 0.585. The van der Waals surface area contributed by atoms with Crippen molar-refractivity contribution in [3.63, 3.8) is 0 Å². The van der Waals surface area contributed by atoms with Crippen molar-refractivity contribution in [2.24, 2.45) is 5.73 Å². The molecule has 0 fully saturated rings. The first-order chi connectivity index (χ1) is 6.47. The number of hydrogen-bond acceptors (Lipinski definition) is 4. The molecule has 1 aromatic heterocycles. The molecule has 0 saturated heterocycles. The molecule has 1 aromatic rings. The lowest BCUT2D eigenvalue weighted by Crippen LogP contribution is -2.23. The van der Waals surface area contributed by atoms with Gasteiger partial charge in [-0.15, -0.1) is 0 Å². The van der Waals surface area contributed by atoms with Gasteiger partial charge in [-0.05, 0) is 6.07 Å². The fourth-order valence-electron chi connectivity index (χ4n) is 0.942. The van der Waals surface area contributed by atoms with Crippen molar-refractivity contribution in [3.05, 3.63) is 29.0 Å². The number of aromatic nitrogens is 1. The zero-order valence-electron chi connectivity index (χ0n) is 7.64. The molecule has 0 saturated carbocycles. The largest absolute Gasteiger partial charge is 0.311 e. The Morgan fingerprint density at radius 2 is 2.21 bits per heavy atom. The lowest BCUT2D eigenvalue weighted by Gasteiger charge is -2.10. The van der Waals surface area contributed by atoms with Crippen LogP contribution in [0.5, 0.6) is 0 Å². The fraction of sp³-hybridized carbons (Fsp3) is 0.375. The Bertz CT molecular complexity index is 402. The number of nitrogens with zero attached hydrogens (tertiary/aromatic N) is 1. The van der Waals surface area contributed by atoms with E-state index < -0.39 is 15.2 Å². The minimum atomic E-state index is -3.27. The van der Waals surface area contributed by atoms with E-state index in [-0.39, 0.29) is 5.75 Å². The topological polar surface area (TPSA) is 73.0 Å². The van der Waals surface area contributed by atoms with E-state index in [9.17, 15) is 8.42 Å². The number of sulfone groups is 1. The van der Waals surface area contributed by atoms with Gasteiger partial charge in [-0.3, -0.25) is 0 Å². The van der Waals surface area contributed by atoms with Gasteiger partial charge in [-0.25, -0.2) is 13.4 Å². The maximum Gasteiger partial charge on any atom is 0.170 e. The van der Waals surface area contributed by atoms with E-state index in [0.29, 0.717) is 10.7 Å². The number of nitrogens with two attached hydrogens (primary N) is 1. The van der Waals surface area contributed by atoms with Crippen LogP contribution in [0.4, 0.5) is 0 Å². The molecule has 0 spiro atoms. The van der Waals surface area contributed by atoms with E-state index in [1.165, 1.54) is 12.3 Å². The van der Waals surface area contributed by atoms with Crippen molar-refractivity contribution in [3.8, 4) is 0 Å². The minimum Gasteiger partial charge on any atom is -0.311 e. The molecular formula is C8H11ClN2O2S. The third kappa shape index (κ3) is 2.43. The summed E-state index contributed by atoms with van der Waals surface area (Å²) in [5.74, 6) is 0.0107. The Hall–Kier alpha value is -0.650. The third-order valence-corrected chi connectivity index (χ3v) is 3.94. The van der Waals surface area contributed by atoms with Gasteiger partial charge < -0.3 is 5.73 Å². The van der Waals surface area contributed by atoms with E-state index in [1.54, 1.807) is 13.0 Å². The molecule has 1 rings (SSSR count). The summed E-state index contributed by atoms with van der Waals surface area (Å²) in [7, 11) is -3.27. The fourth-order valence-corrected chi connectivity index (χ4v) is 1.97. The van der Waals surface area contributed by atoms with Gasteiger partial charge in [0, 0.05) is 17.5 Å². The predicted octanol–water partition coefficient (Wildman–Crippen LogP) is 1.13.